The molecule has 1 heterocycles. The van der Waals surface area contributed by atoms with Crippen LogP contribution in [-0.4, -0.2) is 6.54 Å². The molecule has 3 heteroatoms. The van der Waals surface area contributed by atoms with Gasteiger partial charge in [0, 0.05) is 12.2 Å². The lowest BCUT2D eigenvalue weighted by Crippen LogP contribution is -1.93. The van der Waals surface area contributed by atoms with E-state index in [0.29, 0.717) is 0 Å². The standard InChI is InChI=1S/C8H9FN2/c9-6-4-8-5(1-2-11-8)3-7(6)10/h3-4,11H,1-2,10H2. The van der Waals surface area contributed by atoms with Gasteiger partial charge in [0.05, 0.1) is 5.69 Å². The number of nitrogens with two attached hydrogens (primary N) is 1. The summed E-state index contributed by atoms with van der Waals surface area (Å²) in [5, 5.41) is 3.07. The molecule has 0 fully saturated rings. The molecule has 0 aliphatic carbocycles. The zero-order valence-corrected chi connectivity index (χ0v) is 6.02. The van der Waals surface area contributed by atoms with Crippen molar-refractivity contribution in [2.45, 2.75) is 6.42 Å². The molecular weight excluding hydrogens is 143 g/mol. The molecule has 2 rings (SSSR count). The third-order valence-corrected chi connectivity index (χ3v) is 1.93. The van der Waals surface area contributed by atoms with E-state index in [-0.39, 0.29) is 11.5 Å². The molecule has 0 aromatic heterocycles. The molecule has 0 atom stereocenters. The molecule has 0 radical (unpaired) electrons. The quantitative estimate of drug-likeness (QED) is 0.551. The molecule has 0 spiro atoms. The van der Waals surface area contributed by atoms with Crippen LogP contribution in [0.25, 0.3) is 0 Å². The topological polar surface area (TPSA) is 38.0 Å². The smallest absolute Gasteiger partial charge is 0.148 e. The molecular formula is C8H9FN2. The minimum absolute atomic E-state index is 0.243. The molecule has 1 aromatic carbocycles. The van der Waals surface area contributed by atoms with E-state index in [0.717, 1.165) is 24.2 Å². The highest BCUT2D eigenvalue weighted by molar-refractivity contribution is 5.61. The van der Waals surface area contributed by atoms with Crippen LogP contribution in [0.15, 0.2) is 12.1 Å². The number of halogens is 1. The molecule has 2 nitrogen and oxygen atoms in total. The average Bonchev–Trinajstić information content (AvgIpc) is 2.36. The second kappa shape index (κ2) is 2.12. The first-order chi connectivity index (χ1) is 5.27. The van der Waals surface area contributed by atoms with Crippen molar-refractivity contribution in [2.75, 3.05) is 17.6 Å². The Morgan fingerprint density at radius 1 is 1.45 bits per heavy atom. The Hall–Kier alpha value is -1.25. The van der Waals surface area contributed by atoms with Crippen LogP contribution in [0.1, 0.15) is 5.56 Å². The van der Waals surface area contributed by atoms with E-state index in [1.165, 1.54) is 6.07 Å². The maximum atomic E-state index is 12.8. The van der Waals surface area contributed by atoms with Gasteiger partial charge in [-0.2, -0.15) is 0 Å². The zero-order valence-electron chi connectivity index (χ0n) is 6.02. The van der Waals surface area contributed by atoms with Gasteiger partial charge in [0.25, 0.3) is 0 Å². The summed E-state index contributed by atoms with van der Waals surface area (Å²) in [5.41, 5.74) is 7.63. The predicted octanol–water partition coefficient (Wildman–Crippen LogP) is 1.38. The van der Waals surface area contributed by atoms with Crippen molar-refractivity contribution in [3.05, 3.63) is 23.5 Å². The number of hydrogen-bond acceptors (Lipinski definition) is 2. The first kappa shape index (κ1) is 6.46. The first-order valence-corrected chi connectivity index (χ1v) is 3.59. The van der Waals surface area contributed by atoms with Gasteiger partial charge in [-0.05, 0) is 24.1 Å². The number of rotatable bonds is 0. The van der Waals surface area contributed by atoms with Crippen LogP contribution in [0, 0.1) is 5.82 Å². The summed E-state index contributed by atoms with van der Waals surface area (Å²) in [4.78, 5) is 0. The number of fused-ring (bicyclic) bond motifs is 1. The van der Waals surface area contributed by atoms with Crippen molar-refractivity contribution in [3.63, 3.8) is 0 Å². The highest BCUT2D eigenvalue weighted by Crippen LogP contribution is 2.26. The third kappa shape index (κ3) is 0.926. The Morgan fingerprint density at radius 3 is 3.09 bits per heavy atom. The van der Waals surface area contributed by atoms with Gasteiger partial charge in [0.2, 0.25) is 0 Å². The van der Waals surface area contributed by atoms with Gasteiger partial charge in [0.1, 0.15) is 5.82 Å². The Bertz CT molecular complexity index is 267. The number of anilines is 2. The molecule has 1 aliphatic heterocycles. The van der Waals surface area contributed by atoms with E-state index < -0.39 is 0 Å². The van der Waals surface area contributed by atoms with Crippen molar-refractivity contribution in [1.82, 2.24) is 0 Å². The monoisotopic (exact) mass is 152 g/mol. The van der Waals surface area contributed by atoms with Gasteiger partial charge in [-0.3, -0.25) is 0 Å². The molecule has 0 unspecified atom stereocenters. The van der Waals surface area contributed by atoms with Gasteiger partial charge in [-0.1, -0.05) is 0 Å². The molecule has 3 N–H and O–H groups in total. The minimum Gasteiger partial charge on any atom is -0.396 e. The summed E-state index contributed by atoms with van der Waals surface area (Å²) in [6.45, 7) is 0.887. The number of benzene rings is 1. The molecule has 0 saturated heterocycles. The van der Waals surface area contributed by atoms with Gasteiger partial charge < -0.3 is 11.1 Å². The Kier molecular flexibility index (Phi) is 1.24. The van der Waals surface area contributed by atoms with E-state index >= 15 is 0 Å². The molecule has 1 aromatic rings. The molecule has 58 valence electrons. The zero-order chi connectivity index (χ0) is 7.84. The fourth-order valence-corrected chi connectivity index (χ4v) is 1.34. The van der Waals surface area contributed by atoms with E-state index in [9.17, 15) is 4.39 Å². The summed E-state index contributed by atoms with van der Waals surface area (Å²) in [7, 11) is 0. The third-order valence-electron chi connectivity index (χ3n) is 1.93. The van der Waals surface area contributed by atoms with Crippen molar-refractivity contribution >= 4 is 11.4 Å². The summed E-state index contributed by atoms with van der Waals surface area (Å²) in [6, 6.07) is 3.16. The Balaban J connectivity index is 2.57. The molecule has 11 heavy (non-hydrogen) atoms. The normalized spacial score (nSPS) is 14.3. The summed E-state index contributed by atoms with van der Waals surface area (Å²) < 4.78 is 12.8. The maximum absolute atomic E-state index is 12.8. The fourth-order valence-electron chi connectivity index (χ4n) is 1.34. The van der Waals surface area contributed by atoms with Crippen molar-refractivity contribution < 1.29 is 4.39 Å². The maximum Gasteiger partial charge on any atom is 0.148 e. The van der Waals surface area contributed by atoms with Crippen LogP contribution in [0.2, 0.25) is 0 Å². The van der Waals surface area contributed by atoms with Crippen LogP contribution in [0.4, 0.5) is 15.8 Å². The van der Waals surface area contributed by atoms with Crippen LogP contribution in [0.3, 0.4) is 0 Å². The van der Waals surface area contributed by atoms with Gasteiger partial charge in [-0.25, -0.2) is 4.39 Å². The fraction of sp³-hybridized carbons (Fsp3) is 0.250. The first-order valence-electron chi connectivity index (χ1n) is 3.59. The lowest BCUT2D eigenvalue weighted by atomic mass is 10.1. The van der Waals surface area contributed by atoms with Crippen molar-refractivity contribution in [1.29, 1.82) is 0 Å². The van der Waals surface area contributed by atoms with Gasteiger partial charge >= 0.3 is 0 Å². The lowest BCUT2D eigenvalue weighted by Gasteiger charge is -2.01. The highest BCUT2D eigenvalue weighted by atomic mass is 19.1. The SMILES string of the molecule is Nc1cc2c(cc1F)NCC2. The Morgan fingerprint density at radius 2 is 2.27 bits per heavy atom. The highest BCUT2D eigenvalue weighted by Gasteiger charge is 2.12. The van der Waals surface area contributed by atoms with Gasteiger partial charge in [0.15, 0.2) is 0 Å². The lowest BCUT2D eigenvalue weighted by molar-refractivity contribution is 0.633. The van der Waals surface area contributed by atoms with Crippen LogP contribution in [0.5, 0.6) is 0 Å². The predicted molar refractivity (Wildman–Crippen MR) is 43.0 cm³/mol. The summed E-state index contributed by atoms with van der Waals surface area (Å²) in [5.74, 6) is -0.335. The largest absolute Gasteiger partial charge is 0.396 e. The van der Waals surface area contributed by atoms with Crippen LogP contribution >= 0.6 is 0 Å². The van der Waals surface area contributed by atoms with Crippen molar-refractivity contribution in [2.24, 2.45) is 0 Å². The second-order valence-corrected chi connectivity index (χ2v) is 2.71. The Labute approximate surface area is 64.2 Å². The molecule has 1 aliphatic rings. The van der Waals surface area contributed by atoms with Gasteiger partial charge in [-0.15, -0.1) is 0 Å². The van der Waals surface area contributed by atoms with Crippen LogP contribution in [-0.2, 0) is 6.42 Å². The molecule has 0 amide bonds. The van der Waals surface area contributed by atoms with E-state index in [4.69, 9.17) is 5.73 Å². The minimum atomic E-state index is -0.335. The van der Waals surface area contributed by atoms with E-state index in [1.54, 1.807) is 6.07 Å². The molecule has 0 bridgehead atoms. The van der Waals surface area contributed by atoms with Crippen molar-refractivity contribution in [3.8, 4) is 0 Å². The number of nitrogens with one attached hydrogen (secondary N) is 1. The second-order valence-electron chi connectivity index (χ2n) is 2.71. The molecule has 0 saturated carbocycles. The summed E-state index contributed by atoms with van der Waals surface area (Å²) in [6.07, 6.45) is 0.944. The van der Waals surface area contributed by atoms with E-state index in [2.05, 4.69) is 5.32 Å². The number of hydrogen-bond donors (Lipinski definition) is 2. The summed E-state index contributed by atoms with van der Waals surface area (Å²) >= 11 is 0. The van der Waals surface area contributed by atoms with Crippen LogP contribution < -0.4 is 11.1 Å². The van der Waals surface area contributed by atoms with E-state index in [1.807, 2.05) is 0 Å². The average molecular weight is 152 g/mol. The number of nitrogen functional groups attached to an aromatic ring is 1.